The van der Waals surface area contributed by atoms with Crippen molar-refractivity contribution in [2.75, 3.05) is 13.7 Å². The number of ether oxygens (including phenoxy) is 1. The van der Waals surface area contributed by atoms with Crippen LogP contribution < -0.4 is 10.6 Å². The third-order valence-corrected chi connectivity index (χ3v) is 6.40. The van der Waals surface area contributed by atoms with Crippen LogP contribution in [0.25, 0.3) is 11.1 Å². The normalized spacial score (nSPS) is 14.5. The fourth-order valence-corrected chi connectivity index (χ4v) is 4.50. The molecule has 1 heterocycles. The van der Waals surface area contributed by atoms with E-state index in [1.807, 2.05) is 30.3 Å². The Balaban J connectivity index is 1.55. The number of carbonyl (C=O) groups excluding carboxylic acids is 2. The summed E-state index contributed by atoms with van der Waals surface area (Å²) in [7, 11) is 1.58. The van der Waals surface area contributed by atoms with Gasteiger partial charge in [0.15, 0.2) is 0 Å². The molecule has 4 rings (SSSR count). The third kappa shape index (κ3) is 6.12. The second kappa shape index (κ2) is 11.7. The first kappa shape index (κ1) is 24.6. The summed E-state index contributed by atoms with van der Waals surface area (Å²) in [4.78, 5) is 30.1. The number of carbonyl (C=O) groups is 2. The Kier molecular flexibility index (Phi) is 8.23. The Morgan fingerprint density at radius 2 is 1.80 bits per heavy atom. The lowest BCUT2D eigenvalue weighted by molar-refractivity contribution is 0.0911. The second-order valence-electron chi connectivity index (χ2n) is 8.83. The van der Waals surface area contributed by atoms with Gasteiger partial charge in [-0.1, -0.05) is 37.1 Å². The number of aliphatic hydroxyl groups excluding tert-OH is 1. The molecule has 0 saturated heterocycles. The average Bonchev–Trinajstić information content (AvgIpc) is 3.41. The van der Waals surface area contributed by atoms with Crippen LogP contribution >= 0.6 is 0 Å². The van der Waals surface area contributed by atoms with Crippen LogP contribution in [-0.4, -0.2) is 41.7 Å². The van der Waals surface area contributed by atoms with Crippen molar-refractivity contribution in [3.05, 3.63) is 89.2 Å². The number of nitrogens with zero attached hydrogens (tertiary/aromatic N) is 1. The minimum atomic E-state index is -0.665. The molecular weight excluding hydrogens is 442 g/mol. The van der Waals surface area contributed by atoms with Crippen LogP contribution in [0.5, 0.6) is 0 Å². The van der Waals surface area contributed by atoms with E-state index in [0.29, 0.717) is 16.7 Å². The van der Waals surface area contributed by atoms with Gasteiger partial charge < -0.3 is 20.5 Å². The number of nitrogens with one attached hydrogen (secondary N) is 2. The van der Waals surface area contributed by atoms with Gasteiger partial charge in [-0.3, -0.25) is 14.6 Å². The quantitative estimate of drug-likeness (QED) is 0.436. The SMILES string of the molecule is COCc1ccc(-c2ccncc2)cc1C(=O)N[C@H](CO)c1cccc(C(=O)NC2CCCC2)c1. The van der Waals surface area contributed by atoms with E-state index in [1.54, 1.807) is 43.8 Å². The zero-order valence-corrected chi connectivity index (χ0v) is 19.9. The lowest BCUT2D eigenvalue weighted by Crippen LogP contribution is -2.33. The Morgan fingerprint density at radius 3 is 2.51 bits per heavy atom. The molecule has 2 aromatic carbocycles. The third-order valence-electron chi connectivity index (χ3n) is 6.40. The molecule has 0 aliphatic heterocycles. The highest BCUT2D eigenvalue weighted by atomic mass is 16.5. The van der Waals surface area contributed by atoms with Gasteiger partial charge in [0.1, 0.15) is 0 Å². The van der Waals surface area contributed by atoms with Crippen LogP contribution in [0.1, 0.15) is 63.6 Å². The highest BCUT2D eigenvalue weighted by Crippen LogP contribution is 2.24. The summed E-state index contributed by atoms with van der Waals surface area (Å²) < 4.78 is 5.29. The first-order valence-corrected chi connectivity index (χ1v) is 11.9. The van der Waals surface area contributed by atoms with Crippen molar-refractivity contribution >= 4 is 11.8 Å². The van der Waals surface area contributed by atoms with Gasteiger partial charge >= 0.3 is 0 Å². The molecule has 0 spiro atoms. The smallest absolute Gasteiger partial charge is 0.252 e. The molecule has 1 atom stereocenters. The van der Waals surface area contributed by atoms with Crippen molar-refractivity contribution in [1.29, 1.82) is 0 Å². The monoisotopic (exact) mass is 473 g/mol. The van der Waals surface area contributed by atoms with E-state index in [2.05, 4.69) is 15.6 Å². The van der Waals surface area contributed by atoms with Crippen molar-refractivity contribution in [2.45, 2.75) is 44.4 Å². The summed E-state index contributed by atoms with van der Waals surface area (Å²) in [6.07, 6.45) is 7.69. The molecule has 0 bridgehead atoms. The number of methoxy groups -OCH3 is 1. The number of hydrogen-bond acceptors (Lipinski definition) is 5. The van der Waals surface area contributed by atoms with Crippen LogP contribution in [0, 0.1) is 0 Å². The number of pyridine rings is 1. The molecule has 0 radical (unpaired) electrons. The number of amides is 2. The first-order valence-electron chi connectivity index (χ1n) is 11.9. The highest BCUT2D eigenvalue weighted by Gasteiger charge is 2.21. The molecule has 1 fully saturated rings. The lowest BCUT2D eigenvalue weighted by atomic mass is 9.98. The topological polar surface area (TPSA) is 101 Å². The van der Waals surface area contributed by atoms with Gasteiger partial charge in [-0.05, 0) is 65.4 Å². The Labute approximate surface area is 205 Å². The molecule has 0 unspecified atom stereocenters. The van der Waals surface area contributed by atoms with Gasteiger partial charge in [-0.25, -0.2) is 0 Å². The summed E-state index contributed by atoms with van der Waals surface area (Å²) >= 11 is 0. The highest BCUT2D eigenvalue weighted by molar-refractivity contribution is 5.97. The van der Waals surface area contributed by atoms with E-state index in [0.717, 1.165) is 42.4 Å². The van der Waals surface area contributed by atoms with Crippen molar-refractivity contribution < 1.29 is 19.4 Å². The fraction of sp³-hybridized carbons (Fsp3) is 0.321. The Bertz CT molecular complexity index is 1160. The van der Waals surface area contributed by atoms with Crippen molar-refractivity contribution in [1.82, 2.24) is 15.6 Å². The fourth-order valence-electron chi connectivity index (χ4n) is 4.50. The molecule has 35 heavy (non-hydrogen) atoms. The average molecular weight is 474 g/mol. The number of rotatable bonds is 9. The predicted octanol–water partition coefficient (Wildman–Crippen LogP) is 4.03. The van der Waals surface area contributed by atoms with Gasteiger partial charge in [-0.15, -0.1) is 0 Å². The van der Waals surface area contributed by atoms with Crippen molar-refractivity contribution in [2.24, 2.45) is 0 Å². The van der Waals surface area contributed by atoms with Crippen LogP contribution in [-0.2, 0) is 11.3 Å². The van der Waals surface area contributed by atoms with Gasteiger partial charge in [0, 0.05) is 36.7 Å². The maximum Gasteiger partial charge on any atom is 0.252 e. The molecule has 7 nitrogen and oxygen atoms in total. The predicted molar refractivity (Wildman–Crippen MR) is 134 cm³/mol. The summed E-state index contributed by atoms with van der Waals surface area (Å²) in [6, 6.07) is 16.0. The van der Waals surface area contributed by atoms with Crippen LogP contribution in [0.2, 0.25) is 0 Å². The summed E-state index contributed by atoms with van der Waals surface area (Å²) in [5, 5.41) is 16.1. The molecule has 2 amide bonds. The summed E-state index contributed by atoms with van der Waals surface area (Å²) in [5.74, 6) is -0.456. The molecule has 1 aromatic heterocycles. The second-order valence-corrected chi connectivity index (χ2v) is 8.83. The van der Waals surface area contributed by atoms with Gasteiger partial charge in [0.05, 0.1) is 19.3 Å². The van der Waals surface area contributed by atoms with E-state index in [9.17, 15) is 14.7 Å². The van der Waals surface area contributed by atoms with E-state index >= 15 is 0 Å². The zero-order chi connectivity index (χ0) is 24.6. The minimum Gasteiger partial charge on any atom is -0.394 e. The van der Waals surface area contributed by atoms with E-state index in [-0.39, 0.29) is 31.1 Å². The number of benzene rings is 2. The van der Waals surface area contributed by atoms with Crippen LogP contribution in [0.3, 0.4) is 0 Å². The largest absolute Gasteiger partial charge is 0.394 e. The maximum absolute atomic E-state index is 13.3. The first-order chi connectivity index (χ1) is 17.1. The van der Waals surface area contributed by atoms with Gasteiger partial charge in [0.25, 0.3) is 11.8 Å². The molecular formula is C28H31N3O4. The number of aliphatic hydroxyl groups is 1. The van der Waals surface area contributed by atoms with E-state index in [1.165, 1.54) is 0 Å². The number of hydrogen-bond donors (Lipinski definition) is 3. The summed E-state index contributed by atoms with van der Waals surface area (Å²) in [5.41, 5.74) is 4.21. The van der Waals surface area contributed by atoms with Crippen molar-refractivity contribution in [3.63, 3.8) is 0 Å². The molecule has 3 N–H and O–H groups in total. The van der Waals surface area contributed by atoms with E-state index in [4.69, 9.17) is 4.74 Å². The van der Waals surface area contributed by atoms with Gasteiger partial charge in [0.2, 0.25) is 0 Å². The standard InChI is InChI=1S/C28H31N3O4/c1-35-18-23-10-9-20(19-11-13-29-14-12-19)16-25(23)28(34)31-26(17-32)21-5-4-6-22(15-21)27(33)30-24-7-2-3-8-24/h4-6,9-16,24,26,32H,2-3,7-8,17-18H2,1H3,(H,30,33)(H,31,34)/t26-/m1/s1. The Hall–Kier alpha value is -3.55. The molecule has 7 heteroatoms. The zero-order valence-electron chi connectivity index (χ0n) is 19.9. The summed E-state index contributed by atoms with van der Waals surface area (Å²) in [6.45, 7) is -0.0247. The lowest BCUT2D eigenvalue weighted by Gasteiger charge is -2.20. The maximum atomic E-state index is 13.3. The van der Waals surface area contributed by atoms with E-state index < -0.39 is 6.04 Å². The molecule has 182 valence electrons. The molecule has 1 saturated carbocycles. The van der Waals surface area contributed by atoms with Gasteiger partial charge in [-0.2, -0.15) is 0 Å². The molecule has 1 aliphatic carbocycles. The molecule has 3 aromatic rings. The van der Waals surface area contributed by atoms with Crippen molar-refractivity contribution in [3.8, 4) is 11.1 Å². The molecule has 1 aliphatic rings. The Morgan fingerprint density at radius 1 is 1.03 bits per heavy atom. The van der Waals surface area contributed by atoms with Crippen LogP contribution in [0.15, 0.2) is 67.0 Å². The van der Waals surface area contributed by atoms with Crippen LogP contribution in [0.4, 0.5) is 0 Å². The minimum absolute atomic E-state index is 0.130. The number of aromatic nitrogens is 1.